The lowest BCUT2D eigenvalue weighted by Gasteiger charge is -2.34. The molecule has 2 N–H and O–H groups in total. The van der Waals surface area contributed by atoms with Gasteiger partial charge >= 0.3 is 0 Å². The van der Waals surface area contributed by atoms with Crippen molar-refractivity contribution in [2.45, 2.75) is 18.9 Å². The van der Waals surface area contributed by atoms with Crippen LogP contribution < -0.4 is 10.5 Å². The highest BCUT2D eigenvalue weighted by molar-refractivity contribution is 5.33. The van der Waals surface area contributed by atoms with E-state index in [2.05, 4.69) is 31.0 Å². The summed E-state index contributed by atoms with van der Waals surface area (Å²) in [6.07, 6.45) is 4.64. The Morgan fingerprint density at radius 1 is 1.30 bits per heavy atom. The van der Waals surface area contributed by atoms with Crippen molar-refractivity contribution in [3.05, 3.63) is 55.1 Å². The molecule has 3 nitrogen and oxygen atoms in total. The molecule has 0 aliphatic heterocycles. The second-order valence-electron chi connectivity index (χ2n) is 5.01. The van der Waals surface area contributed by atoms with Crippen molar-refractivity contribution in [2.24, 2.45) is 5.73 Å². The van der Waals surface area contributed by atoms with E-state index < -0.39 is 5.54 Å². The highest BCUT2D eigenvalue weighted by Gasteiger charge is 2.27. The molecule has 0 fully saturated rings. The maximum atomic E-state index is 6.64. The summed E-state index contributed by atoms with van der Waals surface area (Å²) in [4.78, 5) is 2.24. The normalized spacial score (nSPS) is 13.8. The van der Waals surface area contributed by atoms with Gasteiger partial charge in [0, 0.05) is 19.6 Å². The Balaban J connectivity index is 2.98. The second-order valence-corrected chi connectivity index (χ2v) is 5.01. The van der Waals surface area contributed by atoms with Crippen molar-refractivity contribution in [1.29, 1.82) is 0 Å². The predicted molar refractivity (Wildman–Crippen MR) is 86.0 cm³/mol. The van der Waals surface area contributed by atoms with Crippen LogP contribution >= 0.6 is 0 Å². The molecule has 0 bridgehead atoms. The Bertz CT molecular complexity index is 434. The van der Waals surface area contributed by atoms with E-state index in [1.807, 2.05) is 30.4 Å². The van der Waals surface area contributed by atoms with E-state index in [0.29, 0.717) is 0 Å². The summed E-state index contributed by atoms with van der Waals surface area (Å²) in [6.45, 7) is 12.1. The van der Waals surface area contributed by atoms with Gasteiger partial charge in [0.2, 0.25) is 0 Å². The van der Waals surface area contributed by atoms with Gasteiger partial charge in [0.25, 0.3) is 0 Å². The molecule has 1 aromatic rings. The summed E-state index contributed by atoms with van der Waals surface area (Å²) in [5.74, 6) is 0.838. The van der Waals surface area contributed by atoms with Crippen LogP contribution in [0, 0.1) is 0 Å². The molecule has 0 aromatic heterocycles. The molecule has 0 spiro atoms. The molecule has 0 aliphatic rings. The number of ether oxygens (including phenoxy) is 1. The lowest BCUT2D eigenvalue weighted by molar-refractivity contribution is 0.239. The van der Waals surface area contributed by atoms with Crippen LogP contribution in [0.3, 0.4) is 0 Å². The summed E-state index contributed by atoms with van der Waals surface area (Å²) in [5, 5.41) is 0. The van der Waals surface area contributed by atoms with Crippen molar-refractivity contribution < 1.29 is 4.74 Å². The van der Waals surface area contributed by atoms with Crippen LogP contribution in [0.15, 0.2) is 49.6 Å². The Morgan fingerprint density at radius 2 is 1.95 bits per heavy atom. The summed E-state index contributed by atoms with van der Waals surface area (Å²) in [5.41, 5.74) is 7.33. The highest BCUT2D eigenvalue weighted by atomic mass is 16.5. The minimum atomic E-state index is -0.402. The number of nitrogens with zero attached hydrogens (tertiary/aromatic N) is 1. The molecule has 0 saturated carbocycles. The Kier molecular flexibility index (Phi) is 6.49. The molecule has 110 valence electrons. The molecule has 3 heteroatoms. The number of rotatable bonds is 9. The van der Waals surface area contributed by atoms with Crippen LogP contribution in [0.4, 0.5) is 0 Å². The van der Waals surface area contributed by atoms with Crippen LogP contribution in [0.1, 0.15) is 18.9 Å². The Hall–Kier alpha value is -1.58. The predicted octanol–water partition coefficient (Wildman–Crippen LogP) is 2.93. The summed E-state index contributed by atoms with van der Waals surface area (Å²) < 4.78 is 5.29. The van der Waals surface area contributed by atoms with Crippen LogP contribution in [-0.4, -0.2) is 31.6 Å². The van der Waals surface area contributed by atoms with Gasteiger partial charge in [-0.05, 0) is 24.1 Å². The van der Waals surface area contributed by atoms with Gasteiger partial charge in [-0.3, -0.25) is 4.90 Å². The van der Waals surface area contributed by atoms with Crippen LogP contribution in [-0.2, 0) is 5.54 Å². The molecule has 0 heterocycles. The fourth-order valence-corrected chi connectivity index (χ4v) is 2.31. The SMILES string of the molecule is C=CCN(CC=C)CC(N)(CC)c1cccc(OC)c1. The van der Waals surface area contributed by atoms with Gasteiger partial charge in [-0.15, -0.1) is 13.2 Å². The van der Waals surface area contributed by atoms with E-state index in [1.165, 1.54) is 0 Å². The van der Waals surface area contributed by atoms with Gasteiger partial charge in [0.15, 0.2) is 0 Å². The van der Waals surface area contributed by atoms with Crippen LogP contribution in [0.5, 0.6) is 5.75 Å². The first kappa shape index (κ1) is 16.5. The summed E-state index contributed by atoms with van der Waals surface area (Å²) >= 11 is 0. The lowest BCUT2D eigenvalue weighted by Crippen LogP contribution is -2.47. The molecular formula is C17H26N2O. The van der Waals surface area contributed by atoms with E-state index in [4.69, 9.17) is 10.5 Å². The van der Waals surface area contributed by atoms with E-state index in [1.54, 1.807) is 7.11 Å². The number of hydrogen-bond acceptors (Lipinski definition) is 3. The van der Waals surface area contributed by atoms with Gasteiger partial charge in [-0.1, -0.05) is 31.2 Å². The van der Waals surface area contributed by atoms with Gasteiger partial charge in [-0.25, -0.2) is 0 Å². The van der Waals surface area contributed by atoms with Crippen molar-refractivity contribution in [3.8, 4) is 5.75 Å². The monoisotopic (exact) mass is 274 g/mol. The molecular weight excluding hydrogens is 248 g/mol. The zero-order chi connectivity index (χ0) is 15.0. The summed E-state index contributed by atoms with van der Waals surface area (Å²) in [7, 11) is 1.67. The molecule has 1 aromatic carbocycles. The fraction of sp³-hybridized carbons (Fsp3) is 0.412. The van der Waals surface area contributed by atoms with E-state index in [9.17, 15) is 0 Å². The quantitative estimate of drug-likeness (QED) is 0.704. The Labute approximate surface area is 122 Å². The van der Waals surface area contributed by atoms with Crippen LogP contribution in [0.25, 0.3) is 0 Å². The third-order valence-corrected chi connectivity index (χ3v) is 3.56. The molecule has 1 atom stereocenters. The summed E-state index contributed by atoms with van der Waals surface area (Å²) in [6, 6.07) is 8.00. The van der Waals surface area contributed by atoms with Gasteiger partial charge in [0.05, 0.1) is 12.6 Å². The maximum absolute atomic E-state index is 6.64. The standard InChI is InChI=1S/C17H26N2O/c1-5-11-19(12-6-2)14-17(18,7-3)15-9-8-10-16(13-15)20-4/h5-6,8-10,13H,1-2,7,11-12,14,18H2,3-4H3. The number of hydrogen-bond donors (Lipinski definition) is 1. The first-order valence-corrected chi connectivity index (χ1v) is 6.97. The minimum Gasteiger partial charge on any atom is -0.497 e. The van der Waals surface area contributed by atoms with Gasteiger partial charge < -0.3 is 10.5 Å². The van der Waals surface area contributed by atoms with Crippen molar-refractivity contribution in [2.75, 3.05) is 26.7 Å². The van der Waals surface area contributed by atoms with E-state index in [-0.39, 0.29) is 0 Å². The molecule has 0 saturated heterocycles. The average Bonchev–Trinajstić information content (AvgIpc) is 2.47. The zero-order valence-corrected chi connectivity index (χ0v) is 12.6. The minimum absolute atomic E-state index is 0.402. The lowest BCUT2D eigenvalue weighted by atomic mass is 9.87. The van der Waals surface area contributed by atoms with Crippen molar-refractivity contribution in [3.63, 3.8) is 0 Å². The van der Waals surface area contributed by atoms with Crippen LogP contribution in [0.2, 0.25) is 0 Å². The highest BCUT2D eigenvalue weighted by Crippen LogP contribution is 2.26. The van der Waals surface area contributed by atoms with Crippen molar-refractivity contribution >= 4 is 0 Å². The van der Waals surface area contributed by atoms with E-state index in [0.717, 1.165) is 37.4 Å². The largest absolute Gasteiger partial charge is 0.497 e. The van der Waals surface area contributed by atoms with Crippen molar-refractivity contribution in [1.82, 2.24) is 4.90 Å². The van der Waals surface area contributed by atoms with Gasteiger partial charge in [-0.2, -0.15) is 0 Å². The smallest absolute Gasteiger partial charge is 0.119 e. The first-order valence-electron chi connectivity index (χ1n) is 6.97. The topological polar surface area (TPSA) is 38.5 Å². The first-order chi connectivity index (χ1) is 9.59. The van der Waals surface area contributed by atoms with E-state index >= 15 is 0 Å². The molecule has 0 aliphatic carbocycles. The molecule has 20 heavy (non-hydrogen) atoms. The molecule has 1 rings (SSSR count). The zero-order valence-electron chi connectivity index (χ0n) is 12.6. The number of methoxy groups -OCH3 is 1. The Morgan fingerprint density at radius 3 is 2.45 bits per heavy atom. The third-order valence-electron chi connectivity index (χ3n) is 3.56. The maximum Gasteiger partial charge on any atom is 0.119 e. The second kappa shape index (κ2) is 7.88. The number of benzene rings is 1. The molecule has 0 amide bonds. The number of nitrogens with two attached hydrogens (primary N) is 1. The molecule has 0 radical (unpaired) electrons. The van der Waals surface area contributed by atoms with Gasteiger partial charge in [0.1, 0.15) is 5.75 Å². The third kappa shape index (κ3) is 4.22. The molecule has 1 unspecified atom stereocenters. The fourth-order valence-electron chi connectivity index (χ4n) is 2.31. The average molecular weight is 274 g/mol.